The van der Waals surface area contributed by atoms with Crippen molar-refractivity contribution in [2.75, 3.05) is 14.2 Å². The van der Waals surface area contributed by atoms with Crippen molar-refractivity contribution in [3.63, 3.8) is 0 Å². The molecular weight excluding hydrogens is 263 g/mol. The average molecular weight is 284 g/mol. The first-order chi connectivity index (χ1) is 8.81. The lowest BCUT2D eigenvalue weighted by molar-refractivity contribution is 0.392. The molecule has 0 atom stereocenters. The Morgan fingerprint density at radius 2 is 1.84 bits per heavy atom. The van der Waals surface area contributed by atoms with Gasteiger partial charge in [0.25, 0.3) is 0 Å². The minimum Gasteiger partial charge on any atom is -0.497 e. The highest BCUT2D eigenvalue weighted by molar-refractivity contribution is 7.49. The van der Waals surface area contributed by atoms with E-state index in [1.54, 1.807) is 21.1 Å². The molecule has 0 aliphatic rings. The number of allylic oxidation sites excluding steroid dienone is 2. The molecule has 0 radical (unpaired) electrons. The summed E-state index contributed by atoms with van der Waals surface area (Å²) in [4.78, 5) is 18.5. The van der Waals surface area contributed by atoms with Crippen molar-refractivity contribution in [2.45, 2.75) is 26.2 Å². The van der Waals surface area contributed by atoms with Crippen molar-refractivity contribution in [1.29, 1.82) is 0 Å². The first kappa shape index (κ1) is 16.0. The van der Waals surface area contributed by atoms with Crippen LogP contribution in [0.1, 0.15) is 26.3 Å². The van der Waals surface area contributed by atoms with E-state index >= 15 is 0 Å². The summed E-state index contributed by atoms with van der Waals surface area (Å²) < 4.78 is 10.6. The van der Waals surface area contributed by atoms with E-state index in [1.165, 1.54) is 0 Å². The van der Waals surface area contributed by atoms with E-state index in [1.807, 2.05) is 38.1 Å². The van der Waals surface area contributed by atoms with Gasteiger partial charge in [-0.2, -0.15) is 0 Å². The fourth-order valence-corrected chi connectivity index (χ4v) is 2.41. The van der Waals surface area contributed by atoms with E-state index < -0.39 is 13.8 Å². The fraction of sp³-hybridized carbons (Fsp3) is 0.429. The van der Waals surface area contributed by atoms with E-state index in [9.17, 15) is 9.79 Å². The van der Waals surface area contributed by atoms with Gasteiger partial charge < -0.3 is 19.3 Å². The smallest absolute Gasteiger partial charge is 0.194 e. The SMILES string of the molecule is COc1ccc(OC)c(C(C)(C)/C=C(/C)P(O)O)c1. The highest BCUT2D eigenvalue weighted by Gasteiger charge is 2.24. The molecule has 0 aromatic heterocycles. The predicted octanol–water partition coefficient (Wildman–Crippen LogP) is 3.18. The van der Waals surface area contributed by atoms with E-state index in [2.05, 4.69) is 0 Å². The minimum absolute atomic E-state index is 0.393. The number of rotatable bonds is 5. The van der Waals surface area contributed by atoms with Crippen molar-refractivity contribution < 1.29 is 19.3 Å². The Bertz CT molecular complexity index is 467. The quantitative estimate of drug-likeness (QED) is 0.815. The molecule has 1 rings (SSSR count). The molecule has 1 aromatic carbocycles. The van der Waals surface area contributed by atoms with Gasteiger partial charge in [-0.15, -0.1) is 0 Å². The van der Waals surface area contributed by atoms with Crippen LogP contribution in [0.25, 0.3) is 0 Å². The zero-order valence-electron chi connectivity index (χ0n) is 12.0. The third-order valence-electron chi connectivity index (χ3n) is 2.99. The van der Waals surface area contributed by atoms with Gasteiger partial charge in [-0.25, -0.2) is 0 Å². The lowest BCUT2D eigenvalue weighted by Gasteiger charge is -2.25. The van der Waals surface area contributed by atoms with Crippen LogP contribution < -0.4 is 9.47 Å². The number of hydrogen-bond donors (Lipinski definition) is 2. The first-order valence-corrected chi connectivity index (χ1v) is 7.16. The molecule has 0 saturated heterocycles. The molecule has 1 aromatic rings. The minimum atomic E-state index is -2.05. The van der Waals surface area contributed by atoms with Crippen LogP contribution in [0.5, 0.6) is 11.5 Å². The summed E-state index contributed by atoms with van der Waals surface area (Å²) >= 11 is 0. The Kier molecular flexibility index (Phi) is 5.36. The van der Waals surface area contributed by atoms with Gasteiger partial charge in [0.2, 0.25) is 0 Å². The second kappa shape index (κ2) is 6.38. The fourth-order valence-electron chi connectivity index (χ4n) is 1.98. The third-order valence-corrected chi connectivity index (χ3v) is 3.75. The molecule has 2 N–H and O–H groups in total. The summed E-state index contributed by atoms with van der Waals surface area (Å²) in [7, 11) is 1.17. The van der Waals surface area contributed by atoms with Crippen molar-refractivity contribution >= 4 is 8.38 Å². The van der Waals surface area contributed by atoms with Crippen molar-refractivity contribution in [2.24, 2.45) is 0 Å². The summed E-state index contributed by atoms with van der Waals surface area (Å²) in [6.45, 7) is 5.69. The molecule has 0 unspecified atom stereocenters. The van der Waals surface area contributed by atoms with Crippen LogP contribution in [0.4, 0.5) is 0 Å². The second-order valence-corrected chi connectivity index (χ2v) is 6.15. The Morgan fingerprint density at radius 3 is 2.32 bits per heavy atom. The van der Waals surface area contributed by atoms with Crippen LogP contribution in [0.2, 0.25) is 0 Å². The summed E-state index contributed by atoms with van der Waals surface area (Å²) in [5.41, 5.74) is 0.543. The maximum absolute atomic E-state index is 9.25. The van der Waals surface area contributed by atoms with Crippen LogP contribution in [-0.2, 0) is 5.41 Å². The van der Waals surface area contributed by atoms with Crippen LogP contribution in [0.15, 0.2) is 29.6 Å². The number of hydrogen-bond acceptors (Lipinski definition) is 4. The monoisotopic (exact) mass is 284 g/mol. The highest BCUT2D eigenvalue weighted by atomic mass is 31.2. The van der Waals surface area contributed by atoms with Gasteiger partial charge in [-0.05, 0) is 25.1 Å². The maximum Gasteiger partial charge on any atom is 0.194 e. The number of benzene rings is 1. The van der Waals surface area contributed by atoms with Crippen molar-refractivity contribution in [1.82, 2.24) is 0 Å². The molecule has 0 fully saturated rings. The molecule has 5 heteroatoms. The van der Waals surface area contributed by atoms with Crippen LogP contribution in [0, 0.1) is 0 Å². The second-order valence-electron chi connectivity index (χ2n) is 4.86. The summed E-state index contributed by atoms with van der Waals surface area (Å²) in [5, 5.41) is 0.560. The molecule has 0 heterocycles. The third kappa shape index (κ3) is 3.93. The van der Waals surface area contributed by atoms with Gasteiger partial charge >= 0.3 is 0 Å². The van der Waals surface area contributed by atoms with E-state index in [4.69, 9.17) is 9.47 Å². The Hall–Kier alpha value is -1.09. The number of ether oxygens (including phenoxy) is 2. The molecular formula is C14H21O4P. The molecule has 0 amide bonds. The topological polar surface area (TPSA) is 58.9 Å². The van der Waals surface area contributed by atoms with Gasteiger partial charge in [0.15, 0.2) is 8.38 Å². The van der Waals surface area contributed by atoms with Gasteiger partial charge in [0, 0.05) is 16.3 Å². The molecule has 0 spiro atoms. The van der Waals surface area contributed by atoms with Crippen molar-refractivity contribution in [3.8, 4) is 11.5 Å². The molecule has 0 saturated carbocycles. The standard InChI is InChI=1S/C14H21O4P/c1-10(19(15)16)9-14(2,3)12-8-11(17-4)6-7-13(12)18-5/h6-9,15-16H,1-5H3/b10-9-. The maximum atomic E-state index is 9.25. The average Bonchev–Trinajstić information content (AvgIpc) is 2.37. The first-order valence-electron chi connectivity index (χ1n) is 5.91. The zero-order chi connectivity index (χ0) is 14.6. The lowest BCUT2D eigenvalue weighted by Crippen LogP contribution is -2.16. The zero-order valence-corrected chi connectivity index (χ0v) is 12.9. The van der Waals surface area contributed by atoms with Gasteiger partial charge in [0.05, 0.1) is 14.2 Å². The van der Waals surface area contributed by atoms with E-state index in [0.29, 0.717) is 5.31 Å². The Labute approximate surface area is 115 Å². The number of methoxy groups -OCH3 is 2. The van der Waals surface area contributed by atoms with Gasteiger partial charge in [0.1, 0.15) is 11.5 Å². The van der Waals surface area contributed by atoms with E-state index in [-0.39, 0.29) is 0 Å². The van der Waals surface area contributed by atoms with Gasteiger partial charge in [-0.3, -0.25) is 0 Å². The van der Waals surface area contributed by atoms with Crippen LogP contribution in [0.3, 0.4) is 0 Å². The summed E-state index contributed by atoms with van der Waals surface area (Å²) in [6.07, 6.45) is 1.84. The molecule has 106 valence electrons. The Morgan fingerprint density at radius 1 is 1.21 bits per heavy atom. The van der Waals surface area contributed by atoms with Crippen molar-refractivity contribution in [3.05, 3.63) is 35.2 Å². The normalized spacial score (nSPS) is 12.7. The van der Waals surface area contributed by atoms with Crippen LogP contribution >= 0.6 is 8.38 Å². The molecule has 0 aliphatic carbocycles. The molecule has 4 nitrogen and oxygen atoms in total. The van der Waals surface area contributed by atoms with Gasteiger partial charge in [-0.1, -0.05) is 19.9 Å². The predicted molar refractivity (Wildman–Crippen MR) is 77.7 cm³/mol. The Balaban J connectivity index is 3.29. The highest BCUT2D eigenvalue weighted by Crippen LogP contribution is 2.41. The van der Waals surface area contributed by atoms with Crippen LogP contribution in [-0.4, -0.2) is 24.0 Å². The molecule has 19 heavy (non-hydrogen) atoms. The molecule has 0 bridgehead atoms. The molecule has 0 aliphatic heterocycles. The summed E-state index contributed by atoms with van der Waals surface area (Å²) in [5.74, 6) is 1.49. The lowest BCUT2D eigenvalue weighted by atomic mass is 9.83. The summed E-state index contributed by atoms with van der Waals surface area (Å²) in [6, 6.07) is 5.58. The largest absolute Gasteiger partial charge is 0.497 e. The van der Waals surface area contributed by atoms with E-state index in [0.717, 1.165) is 17.1 Å².